The average Bonchev–Trinajstić information content (AvgIpc) is 2.00. The fourth-order valence-corrected chi connectivity index (χ4v) is 2.34. The summed E-state index contributed by atoms with van der Waals surface area (Å²) in [5.41, 5.74) is 4.50. The Morgan fingerprint density at radius 2 is 1.47 bits per heavy atom. The van der Waals surface area contributed by atoms with Crippen LogP contribution in [0, 0.1) is 20.8 Å². The van der Waals surface area contributed by atoms with Gasteiger partial charge in [0.05, 0.1) is 0 Å². The van der Waals surface area contributed by atoms with Crippen molar-refractivity contribution in [1.82, 2.24) is 0 Å². The third-order valence-corrected chi connectivity index (χ3v) is 3.18. The molecule has 0 radical (unpaired) electrons. The normalized spacial score (nSPS) is 11.6. The largest absolute Gasteiger partial charge is 0.299 e. The third-order valence-electron chi connectivity index (χ3n) is 3.18. The first kappa shape index (κ1) is 12.0. The van der Waals surface area contributed by atoms with Gasteiger partial charge in [0.1, 0.15) is 5.78 Å². The molecule has 0 amide bonds. The van der Waals surface area contributed by atoms with Crippen molar-refractivity contribution in [2.45, 2.75) is 47.0 Å². The second-order valence-corrected chi connectivity index (χ2v) is 4.95. The summed E-state index contributed by atoms with van der Waals surface area (Å²) in [6.07, 6.45) is 0. The predicted molar refractivity (Wildman–Crippen MR) is 64.4 cm³/mol. The number of benzene rings is 1. The van der Waals surface area contributed by atoms with E-state index < -0.39 is 0 Å². The van der Waals surface area contributed by atoms with Crippen molar-refractivity contribution >= 4 is 5.78 Å². The van der Waals surface area contributed by atoms with E-state index >= 15 is 0 Å². The van der Waals surface area contributed by atoms with Crippen LogP contribution in [0.1, 0.15) is 43.0 Å². The van der Waals surface area contributed by atoms with Crippen LogP contribution in [0.15, 0.2) is 12.1 Å². The molecule has 0 aliphatic heterocycles. The summed E-state index contributed by atoms with van der Waals surface area (Å²) in [7, 11) is 0. The van der Waals surface area contributed by atoms with Crippen LogP contribution < -0.4 is 0 Å². The van der Waals surface area contributed by atoms with Gasteiger partial charge in [0.2, 0.25) is 0 Å². The summed E-state index contributed by atoms with van der Waals surface area (Å²) in [5, 5.41) is 0. The summed E-state index contributed by atoms with van der Waals surface area (Å²) in [5.74, 6) is 0.220. The van der Waals surface area contributed by atoms with Crippen molar-refractivity contribution in [2.75, 3.05) is 0 Å². The first-order valence-electron chi connectivity index (χ1n) is 5.36. The van der Waals surface area contributed by atoms with Gasteiger partial charge in [0.15, 0.2) is 0 Å². The van der Waals surface area contributed by atoms with E-state index in [4.69, 9.17) is 0 Å². The fourth-order valence-electron chi connectivity index (χ4n) is 2.34. The summed E-state index contributed by atoms with van der Waals surface area (Å²) in [6, 6.07) is 4.29. The van der Waals surface area contributed by atoms with E-state index in [1.165, 1.54) is 22.3 Å². The van der Waals surface area contributed by atoms with Crippen LogP contribution in [0.2, 0.25) is 0 Å². The number of aryl methyl sites for hydroxylation is 3. The lowest BCUT2D eigenvalue weighted by Crippen LogP contribution is -2.28. The summed E-state index contributed by atoms with van der Waals surface area (Å²) >= 11 is 0. The van der Waals surface area contributed by atoms with Gasteiger partial charge in [0, 0.05) is 5.41 Å². The van der Waals surface area contributed by atoms with Crippen molar-refractivity contribution in [1.29, 1.82) is 0 Å². The smallest absolute Gasteiger partial charge is 0.139 e. The van der Waals surface area contributed by atoms with Crippen molar-refractivity contribution in [3.8, 4) is 0 Å². The molecule has 0 saturated carbocycles. The van der Waals surface area contributed by atoms with Crippen molar-refractivity contribution in [3.63, 3.8) is 0 Å². The monoisotopic (exact) mass is 204 g/mol. The molecule has 0 unspecified atom stereocenters. The molecule has 0 aliphatic rings. The molecule has 1 aromatic carbocycles. The first-order chi connectivity index (χ1) is 6.76. The Morgan fingerprint density at radius 1 is 1.07 bits per heavy atom. The van der Waals surface area contributed by atoms with Gasteiger partial charge in [-0.2, -0.15) is 0 Å². The van der Waals surface area contributed by atoms with Crippen molar-refractivity contribution < 1.29 is 4.79 Å². The topological polar surface area (TPSA) is 17.1 Å². The van der Waals surface area contributed by atoms with E-state index in [0.29, 0.717) is 0 Å². The Bertz CT molecular complexity index is 377. The molecular weight excluding hydrogens is 184 g/mol. The Hall–Kier alpha value is -1.11. The molecule has 1 heteroatoms. The number of rotatable bonds is 2. The molecule has 1 nitrogen and oxygen atoms in total. The minimum Gasteiger partial charge on any atom is -0.299 e. The molecule has 0 saturated heterocycles. The summed E-state index contributed by atoms with van der Waals surface area (Å²) < 4.78 is 0. The van der Waals surface area contributed by atoms with Crippen LogP contribution in [0.25, 0.3) is 0 Å². The summed E-state index contributed by atoms with van der Waals surface area (Å²) in [6.45, 7) is 11.9. The SMILES string of the molecule is CC(=O)C(C)(C)c1c(C)cc(C)cc1C. The molecular formula is C14H20O. The number of ketones is 1. The molecule has 0 N–H and O–H groups in total. The highest BCUT2D eigenvalue weighted by Crippen LogP contribution is 2.30. The lowest BCUT2D eigenvalue weighted by molar-refractivity contribution is -0.121. The zero-order valence-corrected chi connectivity index (χ0v) is 10.6. The lowest BCUT2D eigenvalue weighted by atomic mass is 9.76. The minimum atomic E-state index is -0.373. The lowest BCUT2D eigenvalue weighted by Gasteiger charge is -2.26. The molecule has 0 fully saturated rings. The van der Waals surface area contributed by atoms with Gasteiger partial charge in [0.25, 0.3) is 0 Å². The van der Waals surface area contributed by atoms with E-state index in [1.54, 1.807) is 6.92 Å². The van der Waals surface area contributed by atoms with Crippen molar-refractivity contribution in [3.05, 3.63) is 34.4 Å². The highest BCUT2D eigenvalue weighted by atomic mass is 16.1. The molecule has 0 bridgehead atoms. The molecule has 0 aromatic heterocycles. The van der Waals surface area contributed by atoms with E-state index in [9.17, 15) is 4.79 Å². The zero-order valence-electron chi connectivity index (χ0n) is 10.6. The molecule has 15 heavy (non-hydrogen) atoms. The summed E-state index contributed by atoms with van der Waals surface area (Å²) in [4.78, 5) is 11.7. The Balaban J connectivity index is 3.44. The highest BCUT2D eigenvalue weighted by molar-refractivity contribution is 5.88. The maximum atomic E-state index is 11.7. The van der Waals surface area contributed by atoms with Crippen LogP contribution in [-0.4, -0.2) is 5.78 Å². The van der Waals surface area contributed by atoms with Crippen LogP contribution in [0.5, 0.6) is 0 Å². The second-order valence-electron chi connectivity index (χ2n) is 4.95. The maximum absolute atomic E-state index is 11.7. The Morgan fingerprint density at radius 3 is 1.80 bits per heavy atom. The number of carbonyl (C=O) groups is 1. The van der Waals surface area contributed by atoms with Gasteiger partial charge in [-0.05, 0) is 58.2 Å². The number of carbonyl (C=O) groups excluding carboxylic acids is 1. The van der Waals surface area contributed by atoms with Crippen LogP contribution in [0.3, 0.4) is 0 Å². The zero-order chi connectivity index (χ0) is 11.8. The molecule has 0 aliphatic carbocycles. The van der Waals surface area contributed by atoms with E-state index in [2.05, 4.69) is 32.9 Å². The molecule has 0 atom stereocenters. The molecule has 1 rings (SSSR count). The van der Waals surface area contributed by atoms with Gasteiger partial charge >= 0.3 is 0 Å². The standard InChI is InChI=1S/C14H20O/c1-9-7-10(2)13(11(3)8-9)14(5,6)12(4)15/h7-8H,1-6H3. The first-order valence-corrected chi connectivity index (χ1v) is 5.36. The van der Waals surface area contributed by atoms with Gasteiger partial charge in [-0.1, -0.05) is 17.7 Å². The quantitative estimate of drug-likeness (QED) is 0.720. The number of hydrogen-bond acceptors (Lipinski definition) is 1. The maximum Gasteiger partial charge on any atom is 0.139 e. The number of hydrogen-bond donors (Lipinski definition) is 0. The van der Waals surface area contributed by atoms with Gasteiger partial charge in [-0.25, -0.2) is 0 Å². The molecule has 1 aromatic rings. The number of Topliss-reactive ketones (excluding diaryl/α,β-unsaturated/α-hetero) is 1. The van der Waals surface area contributed by atoms with Gasteiger partial charge in [-0.15, -0.1) is 0 Å². The van der Waals surface area contributed by atoms with Crippen LogP contribution in [-0.2, 0) is 10.2 Å². The Labute approximate surface area is 92.5 Å². The van der Waals surface area contributed by atoms with Gasteiger partial charge in [-0.3, -0.25) is 4.79 Å². The molecule has 0 spiro atoms. The molecule has 0 heterocycles. The fraction of sp³-hybridized carbons (Fsp3) is 0.500. The van der Waals surface area contributed by atoms with Crippen LogP contribution >= 0.6 is 0 Å². The van der Waals surface area contributed by atoms with E-state index in [0.717, 1.165) is 0 Å². The van der Waals surface area contributed by atoms with Crippen LogP contribution in [0.4, 0.5) is 0 Å². The van der Waals surface area contributed by atoms with E-state index in [1.807, 2.05) is 13.8 Å². The second kappa shape index (κ2) is 3.80. The highest BCUT2D eigenvalue weighted by Gasteiger charge is 2.29. The minimum absolute atomic E-state index is 0.220. The third kappa shape index (κ3) is 2.11. The Kier molecular flexibility index (Phi) is 3.03. The predicted octanol–water partition coefficient (Wildman–Crippen LogP) is 3.48. The average molecular weight is 204 g/mol. The van der Waals surface area contributed by atoms with Crippen molar-refractivity contribution in [2.24, 2.45) is 0 Å². The molecule has 82 valence electrons. The van der Waals surface area contributed by atoms with Gasteiger partial charge < -0.3 is 0 Å². The van der Waals surface area contributed by atoms with E-state index in [-0.39, 0.29) is 11.2 Å².